The van der Waals surface area contributed by atoms with Gasteiger partial charge < -0.3 is 16.4 Å². The van der Waals surface area contributed by atoms with Gasteiger partial charge in [-0.25, -0.2) is 4.79 Å². The molecule has 23 heavy (non-hydrogen) atoms. The molecule has 0 saturated heterocycles. The van der Waals surface area contributed by atoms with Gasteiger partial charge in [-0.3, -0.25) is 14.8 Å². The molecule has 1 atom stereocenters. The predicted octanol–water partition coefficient (Wildman–Crippen LogP) is 0.984. The van der Waals surface area contributed by atoms with Crippen LogP contribution in [0.1, 0.15) is 52.4 Å². The van der Waals surface area contributed by atoms with Gasteiger partial charge in [0, 0.05) is 13.5 Å². The van der Waals surface area contributed by atoms with Gasteiger partial charge in [0.2, 0.25) is 5.91 Å². The first-order chi connectivity index (χ1) is 10.8. The van der Waals surface area contributed by atoms with Crippen LogP contribution in [0, 0.1) is 5.92 Å². The maximum atomic E-state index is 11.9. The topological polar surface area (TPSA) is 125 Å². The van der Waals surface area contributed by atoms with Crippen molar-refractivity contribution in [2.45, 2.75) is 58.4 Å². The minimum absolute atomic E-state index is 0.0548. The number of imide groups is 1. The molecule has 5 N–H and O–H groups in total. The van der Waals surface area contributed by atoms with E-state index in [-0.39, 0.29) is 17.4 Å². The number of hydrogen-bond donors (Lipinski definition) is 4. The Morgan fingerprint density at radius 2 is 1.78 bits per heavy atom. The van der Waals surface area contributed by atoms with Crippen molar-refractivity contribution in [1.82, 2.24) is 15.7 Å². The first-order valence-electron chi connectivity index (χ1n) is 8.07. The van der Waals surface area contributed by atoms with Crippen LogP contribution in [0.4, 0.5) is 4.79 Å². The third-order valence-corrected chi connectivity index (χ3v) is 3.41. The van der Waals surface area contributed by atoms with Crippen LogP contribution in [0.3, 0.4) is 0 Å². The summed E-state index contributed by atoms with van der Waals surface area (Å²) in [5, 5.41) is 14.5. The highest BCUT2D eigenvalue weighted by Crippen LogP contribution is 2.08. The summed E-state index contributed by atoms with van der Waals surface area (Å²) in [6.45, 7) is 4.56. The molecule has 0 aliphatic rings. The van der Waals surface area contributed by atoms with E-state index < -0.39 is 18.0 Å². The van der Waals surface area contributed by atoms with E-state index in [0.717, 1.165) is 12.8 Å². The van der Waals surface area contributed by atoms with Crippen LogP contribution in [0.25, 0.3) is 0 Å². The first-order valence-corrected chi connectivity index (χ1v) is 8.07. The van der Waals surface area contributed by atoms with E-state index >= 15 is 0 Å². The highest BCUT2D eigenvalue weighted by molar-refractivity contribution is 5.95. The molecule has 4 amide bonds. The Hall–Kier alpha value is -1.67. The summed E-state index contributed by atoms with van der Waals surface area (Å²) in [5.41, 5.74) is 5.40. The number of hydrogen-bond acceptors (Lipinski definition) is 5. The highest BCUT2D eigenvalue weighted by atomic mass is 16.5. The van der Waals surface area contributed by atoms with Crippen molar-refractivity contribution in [2.75, 3.05) is 13.6 Å². The summed E-state index contributed by atoms with van der Waals surface area (Å²) >= 11 is 0. The SMILES string of the molecule is CNC(=O)[C@H](CCCCN)NC(=O)N(O)C(=O)CCCC(C)C. The second-order valence-corrected chi connectivity index (χ2v) is 5.89. The maximum Gasteiger partial charge on any atom is 0.349 e. The molecule has 0 saturated carbocycles. The zero-order valence-electron chi connectivity index (χ0n) is 14.3. The number of carbonyl (C=O) groups is 3. The zero-order chi connectivity index (χ0) is 17.8. The number of nitrogens with zero attached hydrogens (tertiary/aromatic N) is 1. The molecule has 0 aromatic carbocycles. The molecule has 0 bridgehead atoms. The lowest BCUT2D eigenvalue weighted by Crippen LogP contribution is -2.51. The van der Waals surface area contributed by atoms with Crippen LogP contribution in [0.5, 0.6) is 0 Å². The van der Waals surface area contributed by atoms with Gasteiger partial charge in [-0.1, -0.05) is 20.3 Å². The van der Waals surface area contributed by atoms with E-state index in [9.17, 15) is 19.6 Å². The second kappa shape index (κ2) is 11.8. The van der Waals surface area contributed by atoms with Gasteiger partial charge >= 0.3 is 6.03 Å². The number of rotatable bonds is 10. The average molecular weight is 330 g/mol. The van der Waals surface area contributed by atoms with Crippen LogP contribution in [0.2, 0.25) is 0 Å². The number of carbonyl (C=O) groups excluding carboxylic acids is 3. The number of nitrogens with one attached hydrogen (secondary N) is 2. The fraction of sp³-hybridized carbons (Fsp3) is 0.800. The molecule has 0 rings (SSSR count). The second-order valence-electron chi connectivity index (χ2n) is 5.89. The average Bonchev–Trinajstić information content (AvgIpc) is 2.51. The van der Waals surface area contributed by atoms with Gasteiger partial charge in [0.05, 0.1) is 0 Å². The number of hydroxylamine groups is 2. The van der Waals surface area contributed by atoms with Crippen molar-refractivity contribution in [3.63, 3.8) is 0 Å². The molecule has 0 fully saturated rings. The normalized spacial score (nSPS) is 11.9. The van der Waals surface area contributed by atoms with Crippen molar-refractivity contribution >= 4 is 17.8 Å². The zero-order valence-corrected chi connectivity index (χ0v) is 14.3. The standard InChI is InChI=1S/C15H30N4O4/c1-11(2)7-6-9-13(20)19(23)15(22)18-12(14(21)17-3)8-4-5-10-16/h11-12,23H,4-10,16H2,1-3H3,(H,17,21)(H,18,22)/t12-/m0/s1. The minimum atomic E-state index is -0.985. The van der Waals surface area contributed by atoms with Crippen molar-refractivity contribution in [3.8, 4) is 0 Å². The quantitative estimate of drug-likeness (QED) is 0.270. The number of likely N-dealkylation sites (N-methyl/N-ethyl adjacent to an activating group) is 1. The van der Waals surface area contributed by atoms with Crippen molar-refractivity contribution in [2.24, 2.45) is 11.7 Å². The molecule has 8 nitrogen and oxygen atoms in total. The van der Waals surface area contributed by atoms with Crippen molar-refractivity contribution in [3.05, 3.63) is 0 Å². The van der Waals surface area contributed by atoms with Gasteiger partial charge in [-0.2, -0.15) is 0 Å². The fourth-order valence-electron chi connectivity index (χ4n) is 2.03. The summed E-state index contributed by atoms with van der Waals surface area (Å²) in [6.07, 6.45) is 3.28. The Labute approximate surface area is 137 Å². The summed E-state index contributed by atoms with van der Waals surface area (Å²) in [6, 6.07) is -1.79. The van der Waals surface area contributed by atoms with Crippen LogP contribution < -0.4 is 16.4 Å². The van der Waals surface area contributed by atoms with E-state index in [2.05, 4.69) is 10.6 Å². The van der Waals surface area contributed by atoms with Gasteiger partial charge in [-0.05, 0) is 38.1 Å². The summed E-state index contributed by atoms with van der Waals surface area (Å²) in [7, 11) is 1.46. The van der Waals surface area contributed by atoms with Crippen LogP contribution >= 0.6 is 0 Å². The lowest BCUT2D eigenvalue weighted by molar-refractivity contribution is -0.153. The number of urea groups is 1. The molecule has 0 aliphatic carbocycles. The molecular formula is C15H30N4O4. The molecule has 0 spiro atoms. The summed E-state index contributed by atoms with van der Waals surface area (Å²) in [4.78, 5) is 35.4. The van der Waals surface area contributed by atoms with Crippen molar-refractivity contribution < 1.29 is 19.6 Å². The Balaban J connectivity index is 4.46. The van der Waals surface area contributed by atoms with E-state index in [1.165, 1.54) is 7.05 Å². The van der Waals surface area contributed by atoms with Crippen LogP contribution in [0.15, 0.2) is 0 Å². The molecule has 0 radical (unpaired) electrons. The van der Waals surface area contributed by atoms with Crippen molar-refractivity contribution in [1.29, 1.82) is 0 Å². The first kappa shape index (κ1) is 21.3. The van der Waals surface area contributed by atoms with E-state index in [1.54, 1.807) is 0 Å². The number of amides is 4. The number of nitrogens with two attached hydrogens (primary N) is 1. The van der Waals surface area contributed by atoms with Gasteiger partial charge in [0.15, 0.2) is 0 Å². The number of unbranched alkanes of at least 4 members (excludes halogenated alkanes) is 1. The summed E-state index contributed by atoms with van der Waals surface area (Å²) < 4.78 is 0. The molecule has 134 valence electrons. The van der Waals surface area contributed by atoms with Crippen LogP contribution in [-0.2, 0) is 9.59 Å². The van der Waals surface area contributed by atoms with Crippen LogP contribution in [-0.4, -0.2) is 47.8 Å². The predicted molar refractivity (Wildman–Crippen MR) is 86.6 cm³/mol. The van der Waals surface area contributed by atoms with Gasteiger partial charge in [0.25, 0.3) is 5.91 Å². The fourth-order valence-corrected chi connectivity index (χ4v) is 2.03. The third-order valence-electron chi connectivity index (χ3n) is 3.41. The Morgan fingerprint density at radius 3 is 2.30 bits per heavy atom. The lowest BCUT2D eigenvalue weighted by atomic mass is 10.1. The lowest BCUT2D eigenvalue weighted by Gasteiger charge is -2.20. The Kier molecular flexibility index (Phi) is 11.0. The molecule has 0 aliphatic heterocycles. The van der Waals surface area contributed by atoms with E-state index in [4.69, 9.17) is 5.73 Å². The minimum Gasteiger partial charge on any atom is -0.357 e. The molecule has 0 aromatic rings. The smallest absolute Gasteiger partial charge is 0.349 e. The molecule has 8 heteroatoms. The van der Waals surface area contributed by atoms with Gasteiger partial charge in [-0.15, -0.1) is 5.06 Å². The largest absolute Gasteiger partial charge is 0.357 e. The molecule has 0 heterocycles. The monoisotopic (exact) mass is 330 g/mol. The molecule has 0 unspecified atom stereocenters. The van der Waals surface area contributed by atoms with E-state index in [0.29, 0.717) is 31.7 Å². The Bertz CT molecular complexity index is 388. The molecule has 0 aromatic heterocycles. The van der Waals surface area contributed by atoms with E-state index in [1.807, 2.05) is 13.8 Å². The molecular weight excluding hydrogens is 300 g/mol. The van der Waals surface area contributed by atoms with Gasteiger partial charge in [0.1, 0.15) is 6.04 Å². The summed E-state index contributed by atoms with van der Waals surface area (Å²) in [5.74, 6) is -0.610. The Morgan fingerprint density at radius 1 is 1.13 bits per heavy atom. The third kappa shape index (κ3) is 9.14. The maximum absolute atomic E-state index is 11.9. The highest BCUT2D eigenvalue weighted by Gasteiger charge is 2.25.